The van der Waals surface area contributed by atoms with Gasteiger partial charge in [0.15, 0.2) is 0 Å². The number of hydrogen-bond acceptors (Lipinski definition) is 6. The van der Waals surface area contributed by atoms with Crippen LogP contribution in [0.2, 0.25) is 0 Å². The maximum atomic E-state index is 13.5. The van der Waals surface area contributed by atoms with E-state index in [9.17, 15) is 19.5 Å². The Kier molecular flexibility index (Phi) is 6.40. The largest absolute Gasteiger partial charge is 0.507 e. The van der Waals surface area contributed by atoms with E-state index >= 15 is 0 Å². The van der Waals surface area contributed by atoms with Crippen LogP contribution in [0.1, 0.15) is 36.1 Å². The van der Waals surface area contributed by atoms with Gasteiger partial charge >= 0.3 is 0 Å². The van der Waals surface area contributed by atoms with Gasteiger partial charge in [0.25, 0.3) is 11.7 Å². The van der Waals surface area contributed by atoms with Crippen LogP contribution in [0.3, 0.4) is 0 Å². The Hall–Kier alpha value is -4.59. The Morgan fingerprint density at radius 2 is 1.89 bits per heavy atom. The van der Waals surface area contributed by atoms with Crippen molar-refractivity contribution in [3.8, 4) is 11.5 Å². The molecule has 2 amide bonds. The van der Waals surface area contributed by atoms with Crippen molar-refractivity contribution < 1.29 is 29.0 Å². The summed E-state index contributed by atoms with van der Waals surface area (Å²) in [6, 6.07) is 18.0. The number of methoxy groups -OCH3 is 1. The third-order valence-corrected chi connectivity index (χ3v) is 6.50. The average Bonchev–Trinajstić information content (AvgIpc) is 3.17. The van der Waals surface area contributed by atoms with Gasteiger partial charge in [0.1, 0.15) is 17.3 Å². The van der Waals surface area contributed by atoms with E-state index in [0.29, 0.717) is 34.9 Å². The lowest BCUT2D eigenvalue weighted by atomic mass is 9.93. The summed E-state index contributed by atoms with van der Waals surface area (Å²) in [5.41, 5.74) is 2.71. The van der Waals surface area contributed by atoms with Gasteiger partial charge in [0.2, 0.25) is 5.91 Å². The molecule has 1 atom stereocenters. The minimum atomic E-state index is -0.962. The van der Waals surface area contributed by atoms with Crippen LogP contribution in [-0.2, 0) is 20.8 Å². The zero-order valence-electron chi connectivity index (χ0n) is 20.5. The predicted molar refractivity (Wildman–Crippen MR) is 139 cm³/mol. The van der Waals surface area contributed by atoms with Crippen LogP contribution in [0, 0.1) is 0 Å². The van der Waals surface area contributed by atoms with Crippen LogP contribution < -0.4 is 19.7 Å². The summed E-state index contributed by atoms with van der Waals surface area (Å²) >= 11 is 0. The summed E-state index contributed by atoms with van der Waals surface area (Å²) in [4.78, 5) is 39.9. The van der Waals surface area contributed by atoms with Gasteiger partial charge < -0.3 is 19.9 Å². The molecule has 3 aromatic rings. The second-order valence-electron chi connectivity index (χ2n) is 8.92. The van der Waals surface area contributed by atoms with E-state index in [1.165, 1.54) is 18.9 Å². The van der Waals surface area contributed by atoms with Crippen LogP contribution in [-0.4, -0.2) is 36.4 Å². The lowest BCUT2D eigenvalue weighted by Crippen LogP contribution is -2.29. The van der Waals surface area contributed by atoms with Crippen molar-refractivity contribution in [3.05, 3.63) is 89.0 Å². The van der Waals surface area contributed by atoms with Crippen molar-refractivity contribution in [2.45, 2.75) is 25.8 Å². The van der Waals surface area contributed by atoms with Crippen molar-refractivity contribution in [2.75, 3.05) is 23.9 Å². The number of aryl methyl sites for hydroxylation is 1. The Bertz CT molecular complexity index is 1440. The first-order valence-corrected chi connectivity index (χ1v) is 12.0. The first kappa shape index (κ1) is 24.1. The molecule has 5 rings (SSSR count). The number of rotatable bonds is 5. The molecule has 37 heavy (non-hydrogen) atoms. The number of ether oxygens (including phenoxy) is 2. The van der Waals surface area contributed by atoms with Crippen molar-refractivity contribution in [3.63, 3.8) is 0 Å². The van der Waals surface area contributed by atoms with E-state index in [2.05, 4.69) is 5.32 Å². The highest BCUT2D eigenvalue weighted by molar-refractivity contribution is 6.51. The molecule has 1 saturated heterocycles. The van der Waals surface area contributed by atoms with Gasteiger partial charge in [-0.3, -0.25) is 19.3 Å². The molecule has 2 aliphatic heterocycles. The van der Waals surface area contributed by atoms with E-state index in [1.807, 2.05) is 0 Å². The molecule has 0 aliphatic carbocycles. The SMILES string of the molecule is COc1ccccc1C1/C(=C(\O)c2ccc3c(c2)CCCO3)C(=O)C(=O)N1c1cccc(NC(C)=O)c1. The van der Waals surface area contributed by atoms with Crippen LogP contribution in [0.4, 0.5) is 11.4 Å². The van der Waals surface area contributed by atoms with Gasteiger partial charge in [-0.05, 0) is 60.9 Å². The summed E-state index contributed by atoms with van der Waals surface area (Å²) in [6.07, 6.45) is 1.64. The van der Waals surface area contributed by atoms with E-state index in [1.54, 1.807) is 66.7 Å². The zero-order chi connectivity index (χ0) is 26.1. The number of amides is 2. The summed E-state index contributed by atoms with van der Waals surface area (Å²) in [5, 5.41) is 14.2. The lowest BCUT2D eigenvalue weighted by Gasteiger charge is -2.27. The Balaban J connectivity index is 1.70. The highest BCUT2D eigenvalue weighted by Crippen LogP contribution is 2.45. The first-order chi connectivity index (χ1) is 17.9. The van der Waals surface area contributed by atoms with E-state index in [0.717, 1.165) is 24.2 Å². The lowest BCUT2D eigenvalue weighted by molar-refractivity contribution is -0.132. The summed E-state index contributed by atoms with van der Waals surface area (Å²) in [5.74, 6) is -0.937. The van der Waals surface area contributed by atoms with Gasteiger partial charge in [-0.2, -0.15) is 0 Å². The molecule has 8 heteroatoms. The molecular formula is C29H26N2O6. The number of aliphatic hydroxyl groups is 1. The van der Waals surface area contributed by atoms with Crippen LogP contribution in [0.15, 0.2) is 72.3 Å². The van der Waals surface area contributed by atoms with Crippen molar-refractivity contribution in [1.82, 2.24) is 0 Å². The number of benzene rings is 3. The third kappa shape index (κ3) is 4.42. The van der Waals surface area contributed by atoms with Crippen molar-refractivity contribution >= 4 is 34.7 Å². The highest BCUT2D eigenvalue weighted by Gasteiger charge is 2.48. The molecule has 2 N–H and O–H groups in total. The quantitative estimate of drug-likeness (QED) is 0.303. The standard InChI is InChI=1S/C29H26N2O6/c1-17(32)30-20-8-5-9-21(16-20)31-26(22-10-3-4-11-24(22)36-2)25(28(34)29(31)35)27(33)19-12-13-23-18(15-19)7-6-14-37-23/h3-5,8-13,15-16,26,33H,6-7,14H2,1-2H3,(H,30,32)/b27-25+. The number of aliphatic hydroxyl groups excluding tert-OH is 1. The topological polar surface area (TPSA) is 105 Å². The number of anilines is 2. The molecule has 2 aliphatic rings. The fourth-order valence-electron chi connectivity index (χ4n) is 4.89. The van der Waals surface area contributed by atoms with Gasteiger partial charge in [-0.25, -0.2) is 0 Å². The van der Waals surface area contributed by atoms with Gasteiger partial charge in [-0.1, -0.05) is 24.3 Å². The third-order valence-electron chi connectivity index (χ3n) is 6.50. The fourth-order valence-corrected chi connectivity index (χ4v) is 4.89. The number of nitrogens with one attached hydrogen (secondary N) is 1. The number of nitrogens with zero attached hydrogens (tertiary/aromatic N) is 1. The van der Waals surface area contributed by atoms with E-state index in [4.69, 9.17) is 9.47 Å². The molecule has 0 spiro atoms. The number of hydrogen-bond donors (Lipinski definition) is 2. The molecule has 2 heterocycles. The average molecular weight is 499 g/mol. The molecule has 1 fully saturated rings. The van der Waals surface area contributed by atoms with Crippen LogP contribution >= 0.6 is 0 Å². The molecule has 0 bridgehead atoms. The van der Waals surface area contributed by atoms with Crippen LogP contribution in [0.5, 0.6) is 11.5 Å². The molecule has 8 nitrogen and oxygen atoms in total. The number of carbonyl (C=O) groups excluding carboxylic acids is 3. The highest BCUT2D eigenvalue weighted by atomic mass is 16.5. The maximum absolute atomic E-state index is 13.5. The summed E-state index contributed by atoms with van der Waals surface area (Å²) in [7, 11) is 1.51. The number of ketones is 1. The molecule has 0 radical (unpaired) electrons. The van der Waals surface area contributed by atoms with Crippen molar-refractivity contribution in [2.24, 2.45) is 0 Å². The molecule has 1 unspecified atom stereocenters. The second kappa shape index (κ2) is 9.81. The van der Waals surface area contributed by atoms with E-state index < -0.39 is 17.7 Å². The monoisotopic (exact) mass is 498 g/mol. The minimum absolute atomic E-state index is 0.0453. The van der Waals surface area contributed by atoms with Gasteiger partial charge in [-0.15, -0.1) is 0 Å². The molecular weight excluding hydrogens is 472 g/mol. The summed E-state index contributed by atoms with van der Waals surface area (Å²) < 4.78 is 11.3. The smallest absolute Gasteiger partial charge is 0.300 e. The number of para-hydroxylation sites is 1. The maximum Gasteiger partial charge on any atom is 0.300 e. The van der Waals surface area contributed by atoms with E-state index in [-0.39, 0.29) is 17.2 Å². The number of Topliss-reactive ketones (excluding diaryl/α,β-unsaturated/α-hetero) is 1. The number of fused-ring (bicyclic) bond motifs is 1. The van der Waals surface area contributed by atoms with Gasteiger partial charge in [0, 0.05) is 29.4 Å². The Morgan fingerprint density at radius 3 is 2.68 bits per heavy atom. The molecule has 0 saturated carbocycles. The minimum Gasteiger partial charge on any atom is -0.507 e. The first-order valence-electron chi connectivity index (χ1n) is 12.0. The Labute approximate surface area is 214 Å². The second-order valence-corrected chi connectivity index (χ2v) is 8.92. The van der Waals surface area contributed by atoms with Gasteiger partial charge in [0.05, 0.1) is 25.3 Å². The zero-order valence-corrected chi connectivity index (χ0v) is 20.5. The molecule has 3 aromatic carbocycles. The van der Waals surface area contributed by atoms with Crippen LogP contribution in [0.25, 0.3) is 5.76 Å². The fraction of sp³-hybridized carbons (Fsp3) is 0.207. The summed E-state index contributed by atoms with van der Waals surface area (Å²) in [6.45, 7) is 2.02. The molecule has 0 aromatic heterocycles. The Morgan fingerprint density at radius 1 is 1.08 bits per heavy atom. The number of carbonyl (C=O) groups is 3. The predicted octanol–water partition coefficient (Wildman–Crippen LogP) is 4.60. The normalized spacial score (nSPS) is 18.2. The molecule has 188 valence electrons. The van der Waals surface area contributed by atoms with Crippen molar-refractivity contribution in [1.29, 1.82) is 0 Å².